The molecule has 0 aliphatic heterocycles. The molecule has 1 aromatic carbocycles. The minimum atomic E-state index is -4.79. The summed E-state index contributed by atoms with van der Waals surface area (Å²) in [7, 11) is 1.18. The summed E-state index contributed by atoms with van der Waals surface area (Å²) in [5, 5.41) is 0. The number of carbonyl (C=O) groups is 1. The topological polar surface area (TPSA) is 35.5 Å². The summed E-state index contributed by atoms with van der Waals surface area (Å²) in [4.78, 5) is 10.7. The molecule has 1 rings (SSSR count). The lowest BCUT2D eigenvalue weighted by Gasteiger charge is -2.10. The first kappa shape index (κ1) is 14.3. The number of hydrogen-bond donors (Lipinski definition) is 0. The fourth-order valence-corrected chi connectivity index (χ4v) is 1.17. The zero-order valence-corrected chi connectivity index (χ0v) is 9.38. The van der Waals surface area contributed by atoms with E-state index in [1.54, 1.807) is 0 Å². The second-order valence-corrected chi connectivity index (χ2v) is 3.31. The van der Waals surface area contributed by atoms with Crippen LogP contribution in [-0.4, -0.2) is 19.7 Å². The van der Waals surface area contributed by atoms with E-state index in [1.807, 2.05) is 0 Å². The fraction of sp³-hybridized carbons (Fsp3) is 0.364. The van der Waals surface area contributed by atoms with Crippen molar-refractivity contribution in [2.24, 2.45) is 0 Å². The van der Waals surface area contributed by atoms with Crippen molar-refractivity contribution in [3.8, 4) is 5.75 Å². The minimum Gasteiger partial charge on any atom is -0.493 e. The highest BCUT2D eigenvalue weighted by molar-refractivity contribution is 5.69. The molecule has 0 bridgehead atoms. The summed E-state index contributed by atoms with van der Waals surface area (Å²) in [6.45, 7) is -0.143. The second-order valence-electron chi connectivity index (χ2n) is 3.31. The Morgan fingerprint density at radius 2 is 2.00 bits per heavy atom. The van der Waals surface area contributed by atoms with E-state index in [2.05, 4.69) is 4.74 Å². The van der Waals surface area contributed by atoms with Crippen LogP contribution in [0.4, 0.5) is 17.6 Å². The number of benzene rings is 1. The number of esters is 1. The number of methoxy groups -OCH3 is 1. The van der Waals surface area contributed by atoms with Gasteiger partial charge in [0.1, 0.15) is 11.6 Å². The van der Waals surface area contributed by atoms with Crippen LogP contribution in [0.1, 0.15) is 12.0 Å². The average Bonchev–Trinajstić information content (AvgIpc) is 2.29. The van der Waals surface area contributed by atoms with Gasteiger partial charge in [-0.1, -0.05) is 0 Å². The highest BCUT2D eigenvalue weighted by Crippen LogP contribution is 2.33. The van der Waals surface area contributed by atoms with Gasteiger partial charge in [-0.25, -0.2) is 4.39 Å². The monoisotopic (exact) mass is 266 g/mol. The van der Waals surface area contributed by atoms with Crippen LogP contribution in [0, 0.1) is 5.82 Å². The van der Waals surface area contributed by atoms with Crippen molar-refractivity contribution in [2.75, 3.05) is 13.7 Å². The normalized spacial score (nSPS) is 11.2. The van der Waals surface area contributed by atoms with E-state index in [4.69, 9.17) is 4.74 Å². The SMILES string of the molecule is COC(=O)CCOc1ccc(F)c(C(F)(F)F)c1. The molecule has 100 valence electrons. The van der Waals surface area contributed by atoms with E-state index in [-0.39, 0.29) is 18.8 Å². The molecule has 0 radical (unpaired) electrons. The van der Waals surface area contributed by atoms with E-state index in [0.717, 1.165) is 6.07 Å². The van der Waals surface area contributed by atoms with Gasteiger partial charge in [0.2, 0.25) is 0 Å². The van der Waals surface area contributed by atoms with Crippen molar-refractivity contribution < 1.29 is 31.8 Å². The standard InChI is InChI=1S/C11H10F4O3/c1-17-10(16)4-5-18-7-2-3-9(12)8(6-7)11(13,14)15/h2-3,6H,4-5H2,1H3. The van der Waals surface area contributed by atoms with E-state index in [1.165, 1.54) is 7.11 Å². The van der Waals surface area contributed by atoms with Crippen LogP contribution in [0.5, 0.6) is 5.75 Å². The van der Waals surface area contributed by atoms with Gasteiger partial charge in [-0.2, -0.15) is 13.2 Å². The molecule has 0 N–H and O–H groups in total. The Kier molecular flexibility index (Phi) is 4.52. The number of ether oxygens (including phenoxy) is 2. The number of halogens is 4. The quantitative estimate of drug-likeness (QED) is 0.621. The first-order valence-electron chi connectivity index (χ1n) is 4.91. The third-order valence-corrected chi connectivity index (χ3v) is 2.05. The molecule has 0 amide bonds. The van der Waals surface area contributed by atoms with Gasteiger partial charge in [0.15, 0.2) is 0 Å². The maximum Gasteiger partial charge on any atom is 0.419 e. The second kappa shape index (κ2) is 5.70. The van der Waals surface area contributed by atoms with Gasteiger partial charge in [-0.15, -0.1) is 0 Å². The molecule has 0 unspecified atom stereocenters. The van der Waals surface area contributed by atoms with Crippen LogP contribution in [0.3, 0.4) is 0 Å². The van der Waals surface area contributed by atoms with Crippen molar-refractivity contribution in [1.82, 2.24) is 0 Å². The van der Waals surface area contributed by atoms with E-state index in [0.29, 0.717) is 12.1 Å². The zero-order chi connectivity index (χ0) is 13.8. The van der Waals surface area contributed by atoms with Crippen molar-refractivity contribution in [1.29, 1.82) is 0 Å². The largest absolute Gasteiger partial charge is 0.493 e. The number of hydrogen-bond acceptors (Lipinski definition) is 3. The van der Waals surface area contributed by atoms with E-state index >= 15 is 0 Å². The van der Waals surface area contributed by atoms with E-state index < -0.39 is 23.5 Å². The first-order chi connectivity index (χ1) is 8.34. The summed E-state index contributed by atoms with van der Waals surface area (Å²) >= 11 is 0. The molecule has 7 heteroatoms. The third kappa shape index (κ3) is 3.90. The fourth-order valence-electron chi connectivity index (χ4n) is 1.17. The van der Waals surface area contributed by atoms with Gasteiger partial charge in [-0.3, -0.25) is 4.79 Å². The average molecular weight is 266 g/mol. The highest BCUT2D eigenvalue weighted by atomic mass is 19.4. The van der Waals surface area contributed by atoms with Gasteiger partial charge in [-0.05, 0) is 18.2 Å². The number of alkyl halides is 3. The molecule has 0 fully saturated rings. The van der Waals surface area contributed by atoms with Crippen LogP contribution < -0.4 is 4.74 Å². The predicted molar refractivity (Wildman–Crippen MR) is 53.5 cm³/mol. The van der Waals surface area contributed by atoms with Crippen LogP contribution >= 0.6 is 0 Å². The maximum absolute atomic E-state index is 12.9. The summed E-state index contributed by atoms with van der Waals surface area (Å²) < 4.78 is 59.2. The Hall–Kier alpha value is -1.79. The Balaban J connectivity index is 2.71. The lowest BCUT2D eigenvalue weighted by molar-refractivity contribution is -0.142. The molecular weight excluding hydrogens is 256 g/mol. The molecule has 0 heterocycles. The number of carbonyl (C=O) groups excluding carboxylic acids is 1. The minimum absolute atomic E-state index is 0.102. The molecule has 3 nitrogen and oxygen atoms in total. The summed E-state index contributed by atoms with van der Waals surface area (Å²) in [6.07, 6.45) is -4.89. The van der Waals surface area contributed by atoms with Crippen LogP contribution in [0.25, 0.3) is 0 Å². The summed E-state index contributed by atoms with van der Waals surface area (Å²) in [6, 6.07) is 2.27. The van der Waals surface area contributed by atoms with Gasteiger partial charge in [0, 0.05) is 0 Å². The highest BCUT2D eigenvalue weighted by Gasteiger charge is 2.34. The number of rotatable bonds is 4. The lowest BCUT2D eigenvalue weighted by Crippen LogP contribution is -2.10. The van der Waals surface area contributed by atoms with Crippen LogP contribution in [0.2, 0.25) is 0 Å². The van der Waals surface area contributed by atoms with Gasteiger partial charge >= 0.3 is 12.1 Å². The molecule has 0 spiro atoms. The van der Waals surface area contributed by atoms with Crippen molar-refractivity contribution in [3.05, 3.63) is 29.6 Å². The molecule has 1 aromatic rings. The molecule has 0 aliphatic rings. The van der Waals surface area contributed by atoms with Gasteiger partial charge in [0.05, 0.1) is 25.7 Å². The molecule has 18 heavy (non-hydrogen) atoms. The predicted octanol–water partition coefficient (Wildman–Crippen LogP) is 2.79. The zero-order valence-electron chi connectivity index (χ0n) is 9.38. The maximum atomic E-state index is 12.9. The van der Waals surface area contributed by atoms with Crippen LogP contribution in [0.15, 0.2) is 18.2 Å². The lowest BCUT2D eigenvalue weighted by atomic mass is 10.2. The summed E-state index contributed by atoms with van der Waals surface area (Å²) in [5.41, 5.74) is -1.40. The van der Waals surface area contributed by atoms with Gasteiger partial charge in [0.25, 0.3) is 0 Å². The van der Waals surface area contributed by atoms with Crippen molar-refractivity contribution >= 4 is 5.97 Å². The van der Waals surface area contributed by atoms with Crippen LogP contribution in [-0.2, 0) is 15.7 Å². The Labute approximate surface area is 100 Å². The third-order valence-electron chi connectivity index (χ3n) is 2.05. The van der Waals surface area contributed by atoms with Gasteiger partial charge < -0.3 is 9.47 Å². The smallest absolute Gasteiger partial charge is 0.419 e. The molecule has 0 aromatic heterocycles. The molecule has 0 saturated carbocycles. The van der Waals surface area contributed by atoms with Crippen molar-refractivity contribution in [3.63, 3.8) is 0 Å². The Morgan fingerprint density at radius 3 is 2.56 bits per heavy atom. The van der Waals surface area contributed by atoms with E-state index in [9.17, 15) is 22.4 Å². The molecule has 0 atom stereocenters. The summed E-state index contributed by atoms with van der Waals surface area (Å²) in [5.74, 6) is -2.08. The molecular formula is C11H10F4O3. The molecule has 0 saturated heterocycles. The van der Waals surface area contributed by atoms with Crippen molar-refractivity contribution in [2.45, 2.75) is 12.6 Å². The Morgan fingerprint density at radius 1 is 1.33 bits per heavy atom. The Bertz CT molecular complexity index is 429. The first-order valence-corrected chi connectivity index (χ1v) is 4.91. The molecule has 0 aliphatic carbocycles.